The van der Waals surface area contributed by atoms with Crippen molar-refractivity contribution in [3.05, 3.63) is 65.7 Å². The van der Waals surface area contributed by atoms with Crippen molar-refractivity contribution in [3.8, 4) is 0 Å². The summed E-state index contributed by atoms with van der Waals surface area (Å²) in [6, 6.07) is 17.4. The number of carbonyl (C=O) groups is 1. The molecule has 2 rings (SSSR count). The number of nitrogens with one attached hydrogen (secondary N) is 3. The van der Waals surface area contributed by atoms with E-state index in [-0.39, 0.29) is 17.4 Å². The first-order valence-electron chi connectivity index (χ1n) is 8.28. The predicted octanol–water partition coefficient (Wildman–Crippen LogP) is 4.73. The molecule has 0 aromatic heterocycles. The Labute approximate surface area is 179 Å². The van der Waals surface area contributed by atoms with Crippen LogP contribution in [0.5, 0.6) is 0 Å². The third kappa shape index (κ3) is 7.93. The molecule has 4 nitrogen and oxygen atoms in total. The zero-order valence-electron chi connectivity index (χ0n) is 14.6. The van der Waals surface area contributed by atoms with Gasteiger partial charge >= 0.3 is 0 Å². The Morgan fingerprint density at radius 3 is 2.41 bits per heavy atom. The van der Waals surface area contributed by atoms with Crippen molar-refractivity contribution >= 4 is 63.7 Å². The summed E-state index contributed by atoms with van der Waals surface area (Å²) in [5, 5.41) is 8.77. The Hall–Kier alpha value is -1.53. The number of carbonyl (C=O) groups excluding carboxylic acids is 1. The van der Waals surface area contributed by atoms with E-state index in [1.54, 1.807) is 0 Å². The van der Waals surface area contributed by atoms with Gasteiger partial charge in [-0.15, -0.1) is 0 Å². The second-order valence-electron chi connectivity index (χ2n) is 6.00. The minimum atomic E-state index is -1.78. The van der Waals surface area contributed by atoms with E-state index in [1.165, 1.54) is 0 Å². The summed E-state index contributed by atoms with van der Waals surface area (Å²) >= 11 is 23.3. The third-order valence-corrected chi connectivity index (χ3v) is 4.54. The predicted molar refractivity (Wildman–Crippen MR) is 118 cm³/mol. The molecule has 0 bridgehead atoms. The van der Waals surface area contributed by atoms with Crippen LogP contribution in [0.1, 0.15) is 17.5 Å². The molecule has 0 aliphatic carbocycles. The molecule has 0 spiro atoms. The van der Waals surface area contributed by atoms with Gasteiger partial charge in [-0.1, -0.05) is 77.3 Å². The molecular weight excluding hydrogens is 425 g/mol. The largest absolute Gasteiger partial charge is 0.339 e. The summed E-state index contributed by atoms with van der Waals surface area (Å²) in [4.78, 5) is 12.3. The van der Waals surface area contributed by atoms with Crippen molar-refractivity contribution < 1.29 is 4.79 Å². The third-order valence-electron chi connectivity index (χ3n) is 3.67. The maximum absolute atomic E-state index is 12.3. The van der Waals surface area contributed by atoms with Crippen molar-refractivity contribution in [2.45, 2.75) is 29.7 Å². The van der Waals surface area contributed by atoms with E-state index in [4.69, 9.17) is 47.0 Å². The van der Waals surface area contributed by atoms with Gasteiger partial charge in [0.05, 0.1) is 0 Å². The Kier molecular flexibility index (Phi) is 8.17. The van der Waals surface area contributed by atoms with E-state index in [0.29, 0.717) is 6.42 Å². The molecule has 3 N–H and O–H groups in total. The van der Waals surface area contributed by atoms with Crippen LogP contribution in [0.25, 0.3) is 0 Å². The molecule has 8 heteroatoms. The lowest BCUT2D eigenvalue weighted by Crippen LogP contribution is -2.56. The smallest absolute Gasteiger partial charge is 0.228 e. The van der Waals surface area contributed by atoms with Gasteiger partial charge in [0.1, 0.15) is 6.17 Å². The molecule has 0 aliphatic heterocycles. The highest BCUT2D eigenvalue weighted by atomic mass is 35.6. The molecule has 0 fully saturated rings. The van der Waals surface area contributed by atoms with E-state index < -0.39 is 9.96 Å². The van der Waals surface area contributed by atoms with Crippen molar-refractivity contribution in [1.82, 2.24) is 10.6 Å². The summed E-state index contributed by atoms with van der Waals surface area (Å²) < 4.78 is -1.78. The molecule has 0 saturated carbocycles. The topological polar surface area (TPSA) is 53.2 Å². The maximum Gasteiger partial charge on any atom is 0.228 e. The van der Waals surface area contributed by atoms with Crippen molar-refractivity contribution in [2.24, 2.45) is 0 Å². The van der Waals surface area contributed by atoms with Gasteiger partial charge in [0, 0.05) is 12.1 Å². The first-order valence-corrected chi connectivity index (χ1v) is 9.82. The molecule has 0 radical (unpaired) electrons. The van der Waals surface area contributed by atoms with Crippen LogP contribution >= 0.6 is 47.0 Å². The average molecular weight is 445 g/mol. The van der Waals surface area contributed by atoms with Crippen LogP contribution in [0.2, 0.25) is 0 Å². The number of anilines is 1. The minimum absolute atomic E-state index is 0.236. The Morgan fingerprint density at radius 1 is 1.07 bits per heavy atom. The van der Waals surface area contributed by atoms with Gasteiger partial charge in [0.25, 0.3) is 0 Å². The van der Waals surface area contributed by atoms with Gasteiger partial charge in [-0.3, -0.25) is 4.79 Å². The summed E-state index contributed by atoms with van der Waals surface area (Å²) in [6.07, 6.45) is -0.123. The minimum Gasteiger partial charge on any atom is -0.339 e. The number of alkyl halides is 3. The molecule has 1 atom stereocenters. The molecule has 27 heavy (non-hydrogen) atoms. The van der Waals surface area contributed by atoms with Crippen LogP contribution in [-0.4, -0.2) is 21.0 Å². The fraction of sp³-hybridized carbons (Fsp3) is 0.263. The number of rotatable bonds is 6. The molecular formula is C19H20Cl3N3OS. The molecule has 144 valence electrons. The van der Waals surface area contributed by atoms with Gasteiger partial charge in [-0.05, 0) is 48.8 Å². The highest BCUT2D eigenvalue weighted by Crippen LogP contribution is 2.29. The number of hydrogen-bond acceptors (Lipinski definition) is 2. The quantitative estimate of drug-likeness (QED) is 0.343. The van der Waals surface area contributed by atoms with E-state index in [2.05, 4.69) is 16.0 Å². The van der Waals surface area contributed by atoms with E-state index in [1.807, 2.05) is 61.5 Å². The molecule has 1 amide bonds. The lowest BCUT2D eigenvalue weighted by Gasteiger charge is -2.27. The van der Waals surface area contributed by atoms with Crippen LogP contribution in [0.3, 0.4) is 0 Å². The van der Waals surface area contributed by atoms with E-state index in [0.717, 1.165) is 16.8 Å². The molecule has 0 saturated heterocycles. The lowest BCUT2D eigenvalue weighted by atomic mass is 10.1. The SMILES string of the molecule is Cc1cccc(NC(=S)N[C@@H](NC(=O)CCc2ccccc2)C(Cl)(Cl)Cl)c1. The Bertz CT molecular complexity index is 781. The molecule has 2 aromatic carbocycles. The summed E-state index contributed by atoms with van der Waals surface area (Å²) in [6.45, 7) is 1.97. The molecule has 2 aromatic rings. The normalized spacial score (nSPS) is 12.1. The first-order chi connectivity index (χ1) is 12.7. The Morgan fingerprint density at radius 2 is 1.78 bits per heavy atom. The Balaban J connectivity index is 1.92. The number of amides is 1. The fourth-order valence-electron chi connectivity index (χ4n) is 2.36. The van der Waals surface area contributed by atoms with Crippen LogP contribution in [0, 0.1) is 6.92 Å². The monoisotopic (exact) mass is 443 g/mol. The van der Waals surface area contributed by atoms with Gasteiger partial charge < -0.3 is 16.0 Å². The number of hydrogen-bond donors (Lipinski definition) is 3. The van der Waals surface area contributed by atoms with E-state index in [9.17, 15) is 4.79 Å². The van der Waals surface area contributed by atoms with Crippen molar-refractivity contribution in [1.29, 1.82) is 0 Å². The second-order valence-corrected chi connectivity index (χ2v) is 8.77. The van der Waals surface area contributed by atoms with Gasteiger partial charge in [0.15, 0.2) is 5.11 Å². The molecule has 0 unspecified atom stereocenters. The number of benzene rings is 2. The van der Waals surface area contributed by atoms with E-state index >= 15 is 0 Å². The second kappa shape index (κ2) is 10.1. The van der Waals surface area contributed by atoms with Crippen LogP contribution in [-0.2, 0) is 11.2 Å². The molecule has 0 aliphatic rings. The lowest BCUT2D eigenvalue weighted by molar-refractivity contribution is -0.121. The number of aryl methyl sites for hydroxylation is 2. The zero-order valence-corrected chi connectivity index (χ0v) is 17.7. The summed E-state index contributed by atoms with van der Waals surface area (Å²) in [5.74, 6) is -0.249. The highest BCUT2D eigenvalue weighted by molar-refractivity contribution is 7.80. The fourth-order valence-corrected chi connectivity index (χ4v) is 2.92. The van der Waals surface area contributed by atoms with Crippen LogP contribution < -0.4 is 16.0 Å². The van der Waals surface area contributed by atoms with Gasteiger partial charge in [-0.2, -0.15) is 0 Å². The van der Waals surface area contributed by atoms with Crippen LogP contribution in [0.4, 0.5) is 5.69 Å². The van der Waals surface area contributed by atoms with Crippen molar-refractivity contribution in [2.75, 3.05) is 5.32 Å². The molecule has 0 heterocycles. The standard InChI is InChI=1S/C19H20Cl3N3OS/c1-13-6-5-9-15(12-13)23-18(27)25-17(19(20,21)22)24-16(26)11-10-14-7-3-2-4-8-14/h2-9,12,17H,10-11H2,1H3,(H,24,26)(H2,23,25,27)/t17-/m1/s1. The average Bonchev–Trinajstić information content (AvgIpc) is 2.59. The summed E-state index contributed by atoms with van der Waals surface area (Å²) in [7, 11) is 0. The van der Waals surface area contributed by atoms with Gasteiger partial charge in [0.2, 0.25) is 9.70 Å². The van der Waals surface area contributed by atoms with Crippen molar-refractivity contribution in [3.63, 3.8) is 0 Å². The zero-order chi connectivity index (χ0) is 19.9. The number of thiocarbonyl (C=S) groups is 1. The highest BCUT2D eigenvalue weighted by Gasteiger charge is 2.34. The van der Waals surface area contributed by atoms with Crippen LogP contribution in [0.15, 0.2) is 54.6 Å². The number of halogens is 3. The maximum atomic E-state index is 12.3. The first kappa shape index (κ1) is 21.8. The summed E-state index contributed by atoms with van der Waals surface area (Å²) in [5.41, 5.74) is 2.93. The van der Waals surface area contributed by atoms with Gasteiger partial charge in [-0.25, -0.2) is 0 Å².